The first kappa shape index (κ1) is 14.3. The summed E-state index contributed by atoms with van der Waals surface area (Å²) in [5.41, 5.74) is 9.63. The molecule has 1 saturated carbocycles. The molecule has 0 saturated heterocycles. The first-order chi connectivity index (χ1) is 8.89. The molecule has 1 aliphatic rings. The van der Waals surface area contributed by atoms with Gasteiger partial charge in [-0.15, -0.1) is 0 Å². The molecular weight excluding hydrogens is 252 g/mol. The number of thiocarbonyl (C=S) groups is 1. The van der Waals surface area contributed by atoms with Gasteiger partial charge in [0.2, 0.25) is 0 Å². The quantitative estimate of drug-likeness (QED) is 0.819. The van der Waals surface area contributed by atoms with Crippen LogP contribution >= 0.6 is 12.2 Å². The average molecular weight is 276 g/mol. The number of benzene rings is 1. The van der Waals surface area contributed by atoms with Gasteiger partial charge in [0.25, 0.3) is 0 Å². The SMILES string of the molecule is Cc1cccc(C(N)=S)c1NC1CCC(C)(C)CC1. The number of para-hydroxylation sites is 1. The van der Waals surface area contributed by atoms with Crippen LogP contribution in [0.4, 0.5) is 5.69 Å². The lowest BCUT2D eigenvalue weighted by Gasteiger charge is -2.35. The number of hydrogen-bond acceptors (Lipinski definition) is 2. The lowest BCUT2D eigenvalue weighted by molar-refractivity contribution is 0.232. The van der Waals surface area contributed by atoms with Crippen LogP contribution in [-0.2, 0) is 0 Å². The van der Waals surface area contributed by atoms with Crippen LogP contribution in [0, 0.1) is 12.3 Å². The fourth-order valence-electron chi connectivity index (χ4n) is 2.81. The van der Waals surface area contributed by atoms with E-state index in [-0.39, 0.29) is 0 Å². The molecule has 0 atom stereocenters. The summed E-state index contributed by atoms with van der Waals surface area (Å²) in [5, 5.41) is 3.67. The Labute approximate surface area is 121 Å². The van der Waals surface area contributed by atoms with E-state index in [1.165, 1.54) is 31.2 Å². The third kappa shape index (κ3) is 3.47. The Morgan fingerprint density at radius 3 is 2.53 bits per heavy atom. The van der Waals surface area contributed by atoms with Gasteiger partial charge in [-0.3, -0.25) is 0 Å². The number of rotatable bonds is 3. The fourth-order valence-corrected chi connectivity index (χ4v) is 2.98. The second-order valence-corrected chi connectivity index (χ2v) is 6.88. The Morgan fingerprint density at radius 2 is 1.95 bits per heavy atom. The Bertz CT molecular complexity index is 470. The summed E-state index contributed by atoms with van der Waals surface area (Å²) in [6, 6.07) is 6.67. The lowest BCUT2D eigenvalue weighted by Crippen LogP contribution is -2.31. The van der Waals surface area contributed by atoms with Crippen LogP contribution in [-0.4, -0.2) is 11.0 Å². The van der Waals surface area contributed by atoms with Gasteiger partial charge in [-0.05, 0) is 49.7 Å². The van der Waals surface area contributed by atoms with Crippen molar-refractivity contribution in [3.05, 3.63) is 29.3 Å². The molecule has 0 amide bonds. The van der Waals surface area contributed by atoms with E-state index in [0.29, 0.717) is 16.4 Å². The summed E-state index contributed by atoms with van der Waals surface area (Å²) in [6.45, 7) is 6.83. The van der Waals surface area contributed by atoms with Crippen molar-refractivity contribution < 1.29 is 0 Å². The van der Waals surface area contributed by atoms with Crippen LogP contribution in [0.3, 0.4) is 0 Å². The molecular formula is C16H24N2S. The molecule has 2 rings (SSSR count). The van der Waals surface area contributed by atoms with E-state index in [9.17, 15) is 0 Å². The summed E-state index contributed by atoms with van der Waals surface area (Å²) in [4.78, 5) is 0.474. The van der Waals surface area contributed by atoms with E-state index in [1.807, 2.05) is 12.1 Å². The van der Waals surface area contributed by atoms with Crippen molar-refractivity contribution >= 4 is 22.9 Å². The second-order valence-electron chi connectivity index (χ2n) is 6.44. The summed E-state index contributed by atoms with van der Waals surface area (Å²) in [7, 11) is 0. The summed E-state index contributed by atoms with van der Waals surface area (Å²) < 4.78 is 0. The molecule has 0 unspecified atom stereocenters. The maximum absolute atomic E-state index is 5.82. The Morgan fingerprint density at radius 1 is 1.32 bits per heavy atom. The lowest BCUT2D eigenvalue weighted by atomic mass is 9.75. The Kier molecular flexibility index (Phi) is 4.14. The highest BCUT2D eigenvalue weighted by Crippen LogP contribution is 2.36. The fraction of sp³-hybridized carbons (Fsp3) is 0.562. The zero-order valence-electron chi connectivity index (χ0n) is 12.1. The third-order valence-electron chi connectivity index (χ3n) is 4.23. The maximum atomic E-state index is 5.82. The predicted molar refractivity (Wildman–Crippen MR) is 86.7 cm³/mol. The van der Waals surface area contributed by atoms with E-state index >= 15 is 0 Å². The van der Waals surface area contributed by atoms with Gasteiger partial charge >= 0.3 is 0 Å². The highest BCUT2D eigenvalue weighted by Gasteiger charge is 2.27. The van der Waals surface area contributed by atoms with E-state index in [0.717, 1.165) is 11.3 Å². The van der Waals surface area contributed by atoms with Gasteiger partial charge in [-0.25, -0.2) is 0 Å². The van der Waals surface area contributed by atoms with Crippen LogP contribution < -0.4 is 11.1 Å². The van der Waals surface area contributed by atoms with Crippen LogP contribution in [0.1, 0.15) is 50.7 Å². The molecule has 104 valence electrons. The minimum absolute atomic E-state index is 0.474. The number of hydrogen-bond donors (Lipinski definition) is 2. The van der Waals surface area contributed by atoms with Crippen LogP contribution in [0.25, 0.3) is 0 Å². The van der Waals surface area contributed by atoms with Gasteiger partial charge in [0, 0.05) is 17.3 Å². The van der Waals surface area contributed by atoms with Crippen LogP contribution in [0.5, 0.6) is 0 Å². The Hall–Kier alpha value is -1.09. The number of aryl methyl sites for hydroxylation is 1. The van der Waals surface area contributed by atoms with Crippen molar-refractivity contribution in [3.8, 4) is 0 Å². The smallest absolute Gasteiger partial charge is 0.106 e. The highest BCUT2D eigenvalue weighted by molar-refractivity contribution is 7.80. The molecule has 0 spiro atoms. The summed E-state index contributed by atoms with van der Waals surface area (Å²) in [6.07, 6.45) is 4.99. The average Bonchev–Trinajstić information content (AvgIpc) is 2.33. The molecule has 1 aromatic carbocycles. The molecule has 1 aromatic rings. The summed E-state index contributed by atoms with van der Waals surface area (Å²) in [5.74, 6) is 0. The monoisotopic (exact) mass is 276 g/mol. The molecule has 3 heteroatoms. The molecule has 0 aromatic heterocycles. The standard InChI is InChI=1S/C16H24N2S/c1-11-5-4-6-13(15(17)19)14(11)18-12-7-9-16(2,3)10-8-12/h4-6,12,18H,7-10H2,1-3H3,(H2,17,19). The van der Waals surface area contributed by atoms with Crippen molar-refractivity contribution in [3.63, 3.8) is 0 Å². The second kappa shape index (κ2) is 5.49. The van der Waals surface area contributed by atoms with Crippen molar-refractivity contribution in [2.75, 3.05) is 5.32 Å². The maximum Gasteiger partial charge on any atom is 0.106 e. The molecule has 2 nitrogen and oxygen atoms in total. The van der Waals surface area contributed by atoms with Gasteiger partial charge in [-0.1, -0.05) is 38.2 Å². The van der Waals surface area contributed by atoms with E-state index < -0.39 is 0 Å². The van der Waals surface area contributed by atoms with Crippen LogP contribution in [0.15, 0.2) is 18.2 Å². The van der Waals surface area contributed by atoms with Crippen molar-refractivity contribution in [1.29, 1.82) is 0 Å². The molecule has 3 N–H and O–H groups in total. The van der Waals surface area contributed by atoms with Gasteiger partial charge in [0.05, 0.1) is 0 Å². The molecule has 0 radical (unpaired) electrons. The number of nitrogens with one attached hydrogen (secondary N) is 1. The van der Waals surface area contributed by atoms with E-state index in [1.54, 1.807) is 0 Å². The van der Waals surface area contributed by atoms with E-state index in [2.05, 4.69) is 32.2 Å². The number of nitrogens with two attached hydrogens (primary N) is 1. The van der Waals surface area contributed by atoms with Crippen molar-refractivity contribution in [1.82, 2.24) is 0 Å². The van der Waals surface area contributed by atoms with Gasteiger partial charge < -0.3 is 11.1 Å². The van der Waals surface area contributed by atoms with E-state index in [4.69, 9.17) is 18.0 Å². The molecule has 0 aliphatic heterocycles. The highest BCUT2D eigenvalue weighted by atomic mass is 32.1. The molecule has 1 aliphatic carbocycles. The minimum atomic E-state index is 0.474. The predicted octanol–water partition coefficient (Wildman–Crippen LogP) is 4.01. The molecule has 0 bridgehead atoms. The topological polar surface area (TPSA) is 38.0 Å². The van der Waals surface area contributed by atoms with Crippen molar-refractivity contribution in [2.45, 2.75) is 52.5 Å². The molecule has 19 heavy (non-hydrogen) atoms. The third-order valence-corrected chi connectivity index (χ3v) is 4.45. The first-order valence-corrected chi connectivity index (χ1v) is 7.46. The largest absolute Gasteiger partial charge is 0.389 e. The van der Waals surface area contributed by atoms with Gasteiger partial charge in [0.1, 0.15) is 4.99 Å². The summed E-state index contributed by atoms with van der Waals surface area (Å²) >= 11 is 5.15. The first-order valence-electron chi connectivity index (χ1n) is 7.05. The molecule has 1 fully saturated rings. The number of anilines is 1. The van der Waals surface area contributed by atoms with Crippen LogP contribution in [0.2, 0.25) is 0 Å². The van der Waals surface area contributed by atoms with Crippen molar-refractivity contribution in [2.24, 2.45) is 11.1 Å². The normalized spacial score (nSPS) is 19.1. The Balaban J connectivity index is 2.14. The van der Waals surface area contributed by atoms with Gasteiger partial charge in [-0.2, -0.15) is 0 Å². The molecule has 0 heterocycles. The zero-order chi connectivity index (χ0) is 14.0. The van der Waals surface area contributed by atoms with Gasteiger partial charge in [0.15, 0.2) is 0 Å². The minimum Gasteiger partial charge on any atom is -0.389 e. The zero-order valence-corrected chi connectivity index (χ0v) is 12.9.